The quantitative estimate of drug-likeness (QED) is 0.613. The first-order valence-corrected chi connectivity index (χ1v) is 11.3. The lowest BCUT2D eigenvalue weighted by molar-refractivity contribution is -0.138. The molecule has 1 aliphatic rings. The first-order chi connectivity index (χ1) is 15.6. The highest BCUT2D eigenvalue weighted by atomic mass is 19.1. The molecule has 0 bridgehead atoms. The predicted octanol–water partition coefficient (Wildman–Crippen LogP) is 5.01. The van der Waals surface area contributed by atoms with Gasteiger partial charge in [0, 0.05) is 32.1 Å². The van der Waals surface area contributed by atoms with E-state index in [1.54, 1.807) is 24.1 Å². The number of ether oxygens (including phenoxy) is 2. The smallest absolute Gasteiger partial charge is 0.410 e. The molecule has 0 aromatic heterocycles. The van der Waals surface area contributed by atoms with Gasteiger partial charge in [-0.3, -0.25) is 4.79 Å². The van der Waals surface area contributed by atoms with Crippen molar-refractivity contribution in [1.82, 2.24) is 9.80 Å². The molecular weight excluding hydrogens is 423 g/mol. The van der Waals surface area contributed by atoms with E-state index in [9.17, 15) is 14.0 Å². The maximum Gasteiger partial charge on any atom is 0.410 e. The molecule has 0 atom stereocenters. The van der Waals surface area contributed by atoms with Crippen molar-refractivity contribution >= 4 is 12.0 Å². The molecule has 33 heavy (non-hydrogen) atoms. The van der Waals surface area contributed by atoms with Crippen LogP contribution in [0.25, 0.3) is 0 Å². The van der Waals surface area contributed by atoms with Gasteiger partial charge in [-0.2, -0.15) is 0 Å². The summed E-state index contributed by atoms with van der Waals surface area (Å²) in [6, 6.07) is 13.8. The lowest BCUT2D eigenvalue weighted by Gasteiger charge is -2.35. The number of methoxy groups -OCH3 is 1. The van der Waals surface area contributed by atoms with Gasteiger partial charge in [-0.15, -0.1) is 0 Å². The molecule has 1 heterocycles. The predicted molar refractivity (Wildman–Crippen MR) is 124 cm³/mol. The zero-order valence-electron chi connectivity index (χ0n) is 19.8. The monoisotopic (exact) mass is 456 g/mol. The molecule has 178 valence electrons. The van der Waals surface area contributed by atoms with Crippen LogP contribution in [-0.2, 0) is 22.6 Å². The van der Waals surface area contributed by atoms with Crippen molar-refractivity contribution in [2.45, 2.75) is 52.3 Å². The second-order valence-electron chi connectivity index (χ2n) is 9.41. The van der Waals surface area contributed by atoms with Crippen molar-refractivity contribution < 1.29 is 23.5 Å². The first kappa shape index (κ1) is 24.6. The first-order valence-electron chi connectivity index (χ1n) is 11.3. The van der Waals surface area contributed by atoms with Crippen molar-refractivity contribution in [1.29, 1.82) is 0 Å². The molecule has 0 unspecified atom stereocenters. The molecule has 1 aliphatic heterocycles. The largest absolute Gasteiger partial charge is 0.497 e. The summed E-state index contributed by atoms with van der Waals surface area (Å²) < 4.78 is 24.0. The number of rotatable bonds is 6. The highest BCUT2D eigenvalue weighted by Crippen LogP contribution is 2.24. The Morgan fingerprint density at radius 1 is 0.970 bits per heavy atom. The zero-order chi connectivity index (χ0) is 24.0. The molecule has 0 aliphatic carbocycles. The van der Waals surface area contributed by atoms with E-state index in [-0.39, 0.29) is 23.7 Å². The molecule has 0 N–H and O–H groups in total. The van der Waals surface area contributed by atoms with Gasteiger partial charge in [0.1, 0.15) is 17.2 Å². The van der Waals surface area contributed by atoms with Crippen LogP contribution in [0.1, 0.15) is 44.7 Å². The molecule has 0 spiro atoms. The van der Waals surface area contributed by atoms with Gasteiger partial charge in [0.25, 0.3) is 0 Å². The zero-order valence-corrected chi connectivity index (χ0v) is 19.8. The van der Waals surface area contributed by atoms with Gasteiger partial charge in [-0.1, -0.05) is 24.3 Å². The Morgan fingerprint density at radius 2 is 1.48 bits per heavy atom. The maximum absolute atomic E-state index is 13.5. The van der Waals surface area contributed by atoms with E-state index in [4.69, 9.17) is 9.47 Å². The van der Waals surface area contributed by atoms with Crippen LogP contribution >= 0.6 is 0 Å². The Bertz CT molecular complexity index is 930. The van der Waals surface area contributed by atoms with Crippen LogP contribution in [0.2, 0.25) is 0 Å². The third-order valence-electron chi connectivity index (χ3n) is 5.63. The molecule has 2 amide bonds. The maximum atomic E-state index is 13.5. The fraction of sp³-hybridized carbons (Fsp3) is 0.462. The van der Waals surface area contributed by atoms with Crippen LogP contribution in [0, 0.1) is 11.7 Å². The molecule has 0 radical (unpaired) electrons. The van der Waals surface area contributed by atoms with Gasteiger partial charge in [-0.05, 0) is 69.0 Å². The SMILES string of the molecule is COc1ccc(CN(Cc2ccc(F)cc2)C(=O)C2CCN(C(=O)OC(C)(C)C)CC2)cc1. The summed E-state index contributed by atoms with van der Waals surface area (Å²) in [5.41, 5.74) is 1.30. The second-order valence-corrected chi connectivity index (χ2v) is 9.41. The van der Waals surface area contributed by atoms with Crippen molar-refractivity contribution in [3.8, 4) is 5.75 Å². The molecular formula is C26H33FN2O4. The van der Waals surface area contributed by atoms with Gasteiger partial charge in [0.2, 0.25) is 5.91 Å². The molecule has 2 aromatic carbocycles. The summed E-state index contributed by atoms with van der Waals surface area (Å²) >= 11 is 0. The second kappa shape index (κ2) is 10.7. The standard InChI is InChI=1S/C26H33FN2O4/c1-26(2,3)33-25(31)28-15-13-21(14-16-28)24(30)29(17-19-5-9-22(27)10-6-19)18-20-7-11-23(32-4)12-8-20/h5-12,21H,13-18H2,1-4H3. The van der Waals surface area contributed by atoms with Crippen LogP contribution in [0.4, 0.5) is 9.18 Å². The summed E-state index contributed by atoms with van der Waals surface area (Å²) in [7, 11) is 1.61. The molecule has 0 saturated carbocycles. The van der Waals surface area contributed by atoms with Crippen molar-refractivity contribution in [3.05, 3.63) is 65.5 Å². The summed E-state index contributed by atoms with van der Waals surface area (Å²) in [4.78, 5) is 29.3. The van der Waals surface area contributed by atoms with Crippen LogP contribution in [-0.4, -0.2) is 47.6 Å². The minimum atomic E-state index is -0.548. The van der Waals surface area contributed by atoms with E-state index in [1.807, 2.05) is 49.9 Å². The number of hydrogen-bond acceptors (Lipinski definition) is 4. The topological polar surface area (TPSA) is 59.1 Å². The summed E-state index contributed by atoms with van der Waals surface area (Å²) in [6.45, 7) is 7.31. The van der Waals surface area contributed by atoms with E-state index in [0.29, 0.717) is 39.0 Å². The molecule has 2 aromatic rings. The number of halogens is 1. The highest BCUT2D eigenvalue weighted by molar-refractivity contribution is 5.79. The molecule has 1 saturated heterocycles. The van der Waals surface area contributed by atoms with Crippen LogP contribution < -0.4 is 4.74 Å². The van der Waals surface area contributed by atoms with E-state index >= 15 is 0 Å². The Hall–Kier alpha value is -3.09. The fourth-order valence-electron chi connectivity index (χ4n) is 3.87. The Morgan fingerprint density at radius 3 is 1.97 bits per heavy atom. The number of carbonyl (C=O) groups is 2. The third-order valence-corrected chi connectivity index (χ3v) is 5.63. The van der Waals surface area contributed by atoms with Crippen molar-refractivity contribution in [3.63, 3.8) is 0 Å². The van der Waals surface area contributed by atoms with Gasteiger partial charge in [0.05, 0.1) is 7.11 Å². The van der Waals surface area contributed by atoms with Gasteiger partial charge < -0.3 is 19.3 Å². The van der Waals surface area contributed by atoms with Crippen LogP contribution in [0.5, 0.6) is 5.75 Å². The average molecular weight is 457 g/mol. The number of likely N-dealkylation sites (tertiary alicyclic amines) is 1. The van der Waals surface area contributed by atoms with Gasteiger partial charge in [0.15, 0.2) is 0 Å². The average Bonchev–Trinajstić information content (AvgIpc) is 2.79. The Balaban J connectivity index is 1.69. The van der Waals surface area contributed by atoms with Crippen LogP contribution in [0.3, 0.4) is 0 Å². The van der Waals surface area contributed by atoms with Crippen molar-refractivity contribution in [2.75, 3.05) is 20.2 Å². The van der Waals surface area contributed by atoms with Crippen molar-refractivity contribution in [2.24, 2.45) is 5.92 Å². The van der Waals surface area contributed by atoms with E-state index in [1.165, 1.54) is 12.1 Å². The van der Waals surface area contributed by atoms with E-state index in [2.05, 4.69) is 0 Å². The number of carbonyl (C=O) groups excluding carboxylic acids is 2. The fourth-order valence-corrected chi connectivity index (χ4v) is 3.87. The normalized spacial score (nSPS) is 14.6. The van der Waals surface area contributed by atoms with Crippen LogP contribution in [0.15, 0.2) is 48.5 Å². The molecule has 6 nitrogen and oxygen atoms in total. The number of nitrogens with zero attached hydrogens (tertiary/aromatic N) is 2. The highest BCUT2D eigenvalue weighted by Gasteiger charge is 2.32. The summed E-state index contributed by atoms with van der Waals surface area (Å²) in [5, 5.41) is 0. The lowest BCUT2D eigenvalue weighted by atomic mass is 9.95. The minimum absolute atomic E-state index is 0.0407. The number of benzene rings is 2. The summed E-state index contributed by atoms with van der Waals surface area (Å²) in [6.07, 6.45) is 0.830. The molecule has 7 heteroatoms. The Labute approximate surface area is 195 Å². The van der Waals surface area contributed by atoms with E-state index < -0.39 is 5.60 Å². The third kappa shape index (κ3) is 7.20. The molecule has 3 rings (SSSR count). The number of piperidine rings is 1. The van der Waals surface area contributed by atoms with Gasteiger partial charge >= 0.3 is 6.09 Å². The van der Waals surface area contributed by atoms with Gasteiger partial charge in [-0.25, -0.2) is 9.18 Å². The number of amides is 2. The lowest BCUT2D eigenvalue weighted by Crippen LogP contribution is -2.45. The Kier molecular flexibility index (Phi) is 7.95. The number of hydrogen-bond donors (Lipinski definition) is 0. The minimum Gasteiger partial charge on any atom is -0.497 e. The summed E-state index contributed by atoms with van der Waals surface area (Å²) in [5.74, 6) is 0.312. The van der Waals surface area contributed by atoms with E-state index in [0.717, 1.165) is 16.9 Å². The molecule has 1 fully saturated rings.